The van der Waals surface area contributed by atoms with E-state index in [-0.39, 0.29) is 0 Å². The van der Waals surface area contributed by atoms with E-state index in [1.54, 1.807) is 0 Å². The van der Waals surface area contributed by atoms with E-state index < -0.39 is 0 Å². The lowest BCUT2D eigenvalue weighted by Gasteiger charge is -2.36. The van der Waals surface area contributed by atoms with Crippen molar-refractivity contribution in [2.45, 2.75) is 6.54 Å². The van der Waals surface area contributed by atoms with Gasteiger partial charge in [0.15, 0.2) is 0 Å². The summed E-state index contributed by atoms with van der Waals surface area (Å²) in [6, 6.07) is 4.15. The van der Waals surface area contributed by atoms with Gasteiger partial charge in [-0.05, 0) is 26.2 Å². The summed E-state index contributed by atoms with van der Waals surface area (Å²) in [6.07, 6.45) is 1.94. The molecule has 0 amide bonds. The van der Waals surface area contributed by atoms with E-state index in [4.69, 9.17) is 5.73 Å². The van der Waals surface area contributed by atoms with Crippen molar-refractivity contribution >= 4 is 5.69 Å². The molecule has 0 spiro atoms. The van der Waals surface area contributed by atoms with Crippen molar-refractivity contribution in [3.63, 3.8) is 0 Å². The predicted molar refractivity (Wildman–Crippen MR) is 79.3 cm³/mol. The Bertz CT molecular complexity index is 368. The van der Waals surface area contributed by atoms with Crippen molar-refractivity contribution in [1.82, 2.24) is 14.8 Å². The summed E-state index contributed by atoms with van der Waals surface area (Å²) in [6.45, 7) is 7.23. The van der Waals surface area contributed by atoms with Gasteiger partial charge in [-0.25, -0.2) is 0 Å². The van der Waals surface area contributed by atoms with Gasteiger partial charge in [-0.2, -0.15) is 0 Å². The molecule has 19 heavy (non-hydrogen) atoms. The molecule has 1 saturated heterocycles. The van der Waals surface area contributed by atoms with Crippen LogP contribution in [0.2, 0.25) is 0 Å². The van der Waals surface area contributed by atoms with Gasteiger partial charge in [-0.3, -0.25) is 9.88 Å². The van der Waals surface area contributed by atoms with Crippen molar-refractivity contribution in [3.8, 4) is 0 Å². The van der Waals surface area contributed by atoms with E-state index in [0.29, 0.717) is 6.54 Å². The summed E-state index contributed by atoms with van der Waals surface area (Å²) in [5.74, 6) is 0. The van der Waals surface area contributed by atoms with Gasteiger partial charge >= 0.3 is 0 Å². The Morgan fingerprint density at radius 3 is 2.47 bits per heavy atom. The Hall–Kier alpha value is -1.17. The van der Waals surface area contributed by atoms with Crippen LogP contribution in [0.1, 0.15) is 5.69 Å². The molecule has 106 valence electrons. The fourth-order valence-electron chi connectivity index (χ4n) is 2.30. The quantitative estimate of drug-likeness (QED) is 0.824. The number of nitrogens with zero attached hydrogens (tertiary/aromatic N) is 4. The second-order valence-electron chi connectivity index (χ2n) is 5.34. The van der Waals surface area contributed by atoms with Crippen molar-refractivity contribution < 1.29 is 0 Å². The highest BCUT2D eigenvalue weighted by molar-refractivity contribution is 5.45. The van der Waals surface area contributed by atoms with E-state index in [1.807, 2.05) is 12.3 Å². The van der Waals surface area contributed by atoms with Crippen LogP contribution in [0.25, 0.3) is 0 Å². The zero-order chi connectivity index (χ0) is 13.7. The van der Waals surface area contributed by atoms with Crippen LogP contribution in [0.15, 0.2) is 18.3 Å². The zero-order valence-corrected chi connectivity index (χ0v) is 12.0. The van der Waals surface area contributed by atoms with E-state index >= 15 is 0 Å². The Kier molecular flexibility index (Phi) is 5.13. The van der Waals surface area contributed by atoms with Gasteiger partial charge in [0.25, 0.3) is 0 Å². The molecule has 1 aromatic rings. The molecular formula is C14H25N5. The molecule has 0 aromatic carbocycles. The molecule has 0 radical (unpaired) electrons. The van der Waals surface area contributed by atoms with Gasteiger partial charge in [0.1, 0.15) is 0 Å². The lowest BCUT2D eigenvalue weighted by Crippen LogP contribution is -2.48. The molecule has 2 rings (SSSR count). The standard InChI is InChI=1S/C14H25N5/c1-17(2)5-6-18-7-9-19(10-8-18)14-4-3-13(11-15)16-12-14/h3-4,12H,5-11,15H2,1-2H3. The first-order valence-corrected chi connectivity index (χ1v) is 6.96. The minimum absolute atomic E-state index is 0.512. The third-order valence-electron chi connectivity index (χ3n) is 3.62. The van der Waals surface area contributed by atoms with Gasteiger partial charge in [0.2, 0.25) is 0 Å². The summed E-state index contributed by atoms with van der Waals surface area (Å²) in [5, 5.41) is 0. The number of rotatable bonds is 5. The molecule has 5 heteroatoms. The number of hydrogen-bond donors (Lipinski definition) is 1. The minimum Gasteiger partial charge on any atom is -0.368 e. The normalized spacial score (nSPS) is 17.2. The van der Waals surface area contributed by atoms with Crippen LogP contribution in [0.3, 0.4) is 0 Å². The average molecular weight is 263 g/mol. The maximum atomic E-state index is 5.57. The molecule has 1 aliphatic rings. The number of likely N-dealkylation sites (N-methyl/N-ethyl adjacent to an activating group) is 1. The first-order valence-electron chi connectivity index (χ1n) is 6.96. The number of aromatic nitrogens is 1. The maximum Gasteiger partial charge on any atom is 0.0553 e. The van der Waals surface area contributed by atoms with Gasteiger partial charge in [-0.15, -0.1) is 0 Å². The third-order valence-corrected chi connectivity index (χ3v) is 3.62. The molecule has 1 aliphatic heterocycles. The van der Waals surface area contributed by atoms with Gasteiger partial charge in [-0.1, -0.05) is 0 Å². The number of nitrogens with two attached hydrogens (primary N) is 1. The van der Waals surface area contributed by atoms with Crippen molar-refractivity contribution in [2.24, 2.45) is 5.73 Å². The SMILES string of the molecule is CN(C)CCN1CCN(c2ccc(CN)nc2)CC1. The average Bonchev–Trinajstić information content (AvgIpc) is 2.46. The van der Waals surface area contributed by atoms with Gasteiger partial charge in [0.05, 0.1) is 17.6 Å². The molecule has 2 N–H and O–H groups in total. The van der Waals surface area contributed by atoms with Crippen LogP contribution >= 0.6 is 0 Å². The van der Waals surface area contributed by atoms with Crippen LogP contribution in [0.5, 0.6) is 0 Å². The molecule has 1 aromatic heterocycles. The highest BCUT2D eigenvalue weighted by Crippen LogP contribution is 2.15. The number of pyridine rings is 1. The lowest BCUT2D eigenvalue weighted by atomic mass is 10.2. The largest absolute Gasteiger partial charge is 0.368 e. The van der Waals surface area contributed by atoms with E-state index in [2.05, 4.69) is 39.8 Å². The summed E-state index contributed by atoms with van der Waals surface area (Å²) in [4.78, 5) is 11.5. The topological polar surface area (TPSA) is 48.6 Å². The molecule has 0 bridgehead atoms. The molecule has 5 nitrogen and oxygen atoms in total. The summed E-state index contributed by atoms with van der Waals surface area (Å²) in [7, 11) is 4.25. The molecule has 0 unspecified atom stereocenters. The smallest absolute Gasteiger partial charge is 0.0553 e. The van der Waals surface area contributed by atoms with Crippen molar-refractivity contribution in [3.05, 3.63) is 24.0 Å². The lowest BCUT2D eigenvalue weighted by molar-refractivity contribution is 0.229. The Balaban J connectivity index is 1.81. The predicted octanol–water partition coefficient (Wildman–Crippen LogP) is 0.224. The van der Waals surface area contributed by atoms with Crippen LogP contribution < -0.4 is 10.6 Å². The molecule has 2 heterocycles. The van der Waals surface area contributed by atoms with Gasteiger partial charge < -0.3 is 15.5 Å². The molecule has 0 atom stereocenters. The first-order chi connectivity index (χ1) is 9.19. The molecule has 1 fully saturated rings. The fraction of sp³-hybridized carbons (Fsp3) is 0.643. The maximum absolute atomic E-state index is 5.57. The highest BCUT2D eigenvalue weighted by atomic mass is 15.3. The van der Waals surface area contributed by atoms with Crippen LogP contribution in [-0.4, -0.2) is 68.1 Å². The van der Waals surface area contributed by atoms with Crippen molar-refractivity contribution in [1.29, 1.82) is 0 Å². The Morgan fingerprint density at radius 1 is 1.21 bits per heavy atom. The second-order valence-corrected chi connectivity index (χ2v) is 5.34. The second kappa shape index (κ2) is 6.84. The Labute approximate surface area is 116 Å². The number of anilines is 1. The monoisotopic (exact) mass is 263 g/mol. The summed E-state index contributed by atoms with van der Waals surface area (Å²) >= 11 is 0. The van der Waals surface area contributed by atoms with E-state index in [9.17, 15) is 0 Å². The molecular weight excluding hydrogens is 238 g/mol. The van der Waals surface area contributed by atoms with Crippen molar-refractivity contribution in [2.75, 3.05) is 58.3 Å². The highest BCUT2D eigenvalue weighted by Gasteiger charge is 2.17. The zero-order valence-electron chi connectivity index (χ0n) is 12.0. The Morgan fingerprint density at radius 2 is 1.95 bits per heavy atom. The molecule has 0 aliphatic carbocycles. The summed E-state index contributed by atoms with van der Waals surface area (Å²) < 4.78 is 0. The first kappa shape index (κ1) is 14.2. The number of hydrogen-bond acceptors (Lipinski definition) is 5. The summed E-state index contributed by atoms with van der Waals surface area (Å²) in [5.41, 5.74) is 7.73. The van der Waals surface area contributed by atoms with Crippen LogP contribution in [0, 0.1) is 0 Å². The van der Waals surface area contributed by atoms with E-state index in [1.165, 1.54) is 5.69 Å². The van der Waals surface area contributed by atoms with Gasteiger partial charge in [0, 0.05) is 45.8 Å². The molecule has 0 saturated carbocycles. The minimum atomic E-state index is 0.512. The third kappa shape index (κ3) is 4.16. The number of piperazine rings is 1. The fourth-order valence-corrected chi connectivity index (χ4v) is 2.30. The van der Waals surface area contributed by atoms with Crippen LogP contribution in [0.4, 0.5) is 5.69 Å². The van der Waals surface area contributed by atoms with Crippen LogP contribution in [-0.2, 0) is 6.54 Å². The van der Waals surface area contributed by atoms with E-state index in [0.717, 1.165) is 45.0 Å².